The normalized spacial score (nSPS) is 8.64. The number of hydrogen-bond donors (Lipinski definition) is 0. The Morgan fingerprint density at radius 3 is 2.55 bits per heavy atom. The van der Waals surface area contributed by atoms with E-state index in [2.05, 4.69) is 0 Å². The monoisotopic (exact) mass is 146 g/mol. The van der Waals surface area contributed by atoms with Gasteiger partial charge in [-0.15, -0.1) is 0 Å². The highest BCUT2D eigenvalue weighted by Gasteiger charge is 1.98. The SMILES string of the molecule is N#Cc1ccccc1C(=O)[O-]. The molecule has 0 bridgehead atoms. The molecule has 0 aliphatic rings. The van der Waals surface area contributed by atoms with E-state index in [0.29, 0.717) is 0 Å². The van der Waals surface area contributed by atoms with E-state index in [1.54, 1.807) is 18.2 Å². The largest absolute Gasteiger partial charge is 0.545 e. The lowest BCUT2D eigenvalue weighted by Gasteiger charge is -2.02. The molecule has 54 valence electrons. The van der Waals surface area contributed by atoms with Crippen molar-refractivity contribution in [3.63, 3.8) is 0 Å². The Morgan fingerprint density at radius 1 is 1.45 bits per heavy atom. The molecule has 3 nitrogen and oxygen atoms in total. The van der Waals surface area contributed by atoms with Crippen molar-refractivity contribution in [3.05, 3.63) is 35.4 Å². The number of benzene rings is 1. The first-order valence-electron chi connectivity index (χ1n) is 2.96. The fourth-order valence-corrected chi connectivity index (χ4v) is 0.759. The van der Waals surface area contributed by atoms with Gasteiger partial charge in [0, 0.05) is 5.56 Å². The Kier molecular flexibility index (Phi) is 1.88. The number of aromatic carboxylic acids is 1. The topological polar surface area (TPSA) is 63.9 Å². The van der Waals surface area contributed by atoms with Gasteiger partial charge in [-0.2, -0.15) is 5.26 Å². The van der Waals surface area contributed by atoms with E-state index in [-0.39, 0.29) is 11.1 Å². The van der Waals surface area contributed by atoms with Crippen LogP contribution < -0.4 is 5.11 Å². The third-order valence-electron chi connectivity index (χ3n) is 1.27. The molecule has 1 aromatic carbocycles. The number of carboxylic acids is 1. The second-order valence-electron chi connectivity index (χ2n) is 1.94. The summed E-state index contributed by atoms with van der Waals surface area (Å²) in [7, 11) is 0. The van der Waals surface area contributed by atoms with Crippen LogP contribution in [-0.2, 0) is 0 Å². The molecule has 0 aliphatic carbocycles. The van der Waals surface area contributed by atoms with E-state index in [4.69, 9.17) is 5.26 Å². The summed E-state index contributed by atoms with van der Waals surface area (Å²) in [6, 6.07) is 7.68. The first kappa shape index (κ1) is 7.29. The first-order valence-corrected chi connectivity index (χ1v) is 2.96. The molecule has 0 radical (unpaired) electrons. The van der Waals surface area contributed by atoms with Gasteiger partial charge in [-0.3, -0.25) is 0 Å². The molecule has 1 rings (SSSR count). The number of carboxylic acid groups (broad SMARTS) is 1. The quantitative estimate of drug-likeness (QED) is 0.556. The van der Waals surface area contributed by atoms with Crippen LogP contribution in [0.3, 0.4) is 0 Å². The second kappa shape index (κ2) is 2.84. The molecule has 1 aromatic rings. The van der Waals surface area contributed by atoms with Crippen LogP contribution in [0.15, 0.2) is 24.3 Å². The Morgan fingerprint density at radius 2 is 2.09 bits per heavy atom. The Hall–Kier alpha value is -1.82. The van der Waals surface area contributed by atoms with Crippen molar-refractivity contribution in [3.8, 4) is 6.07 Å². The van der Waals surface area contributed by atoms with Crippen LogP contribution in [0.2, 0.25) is 0 Å². The Balaban J connectivity index is 3.26. The zero-order valence-corrected chi connectivity index (χ0v) is 5.57. The summed E-state index contributed by atoms with van der Waals surface area (Å²) in [6.07, 6.45) is 0. The van der Waals surface area contributed by atoms with Crippen LogP contribution in [0.1, 0.15) is 15.9 Å². The Labute approximate surface area is 63.5 Å². The zero-order valence-electron chi connectivity index (χ0n) is 5.57. The summed E-state index contributed by atoms with van der Waals surface area (Å²) in [5.74, 6) is -1.32. The molecule has 0 fully saturated rings. The molecule has 0 spiro atoms. The molecule has 0 saturated heterocycles. The van der Waals surface area contributed by atoms with Crippen molar-refractivity contribution >= 4 is 5.97 Å². The summed E-state index contributed by atoms with van der Waals surface area (Å²) in [6.45, 7) is 0. The lowest BCUT2D eigenvalue weighted by atomic mass is 10.1. The van der Waals surface area contributed by atoms with Crippen LogP contribution in [-0.4, -0.2) is 5.97 Å². The van der Waals surface area contributed by atoms with E-state index >= 15 is 0 Å². The molecule has 11 heavy (non-hydrogen) atoms. The van der Waals surface area contributed by atoms with E-state index in [1.807, 2.05) is 0 Å². The predicted molar refractivity (Wildman–Crippen MR) is 35.5 cm³/mol. The predicted octanol–water partition coefficient (Wildman–Crippen LogP) is -0.0782. The molecule has 0 heterocycles. The molecule has 0 amide bonds. The van der Waals surface area contributed by atoms with Crippen molar-refractivity contribution in [2.45, 2.75) is 0 Å². The summed E-state index contributed by atoms with van der Waals surface area (Å²) >= 11 is 0. The van der Waals surface area contributed by atoms with Gasteiger partial charge in [-0.05, 0) is 6.07 Å². The number of nitriles is 1. The van der Waals surface area contributed by atoms with E-state index in [9.17, 15) is 9.90 Å². The smallest absolute Gasteiger partial charge is 0.0998 e. The minimum absolute atomic E-state index is 0.0602. The summed E-state index contributed by atoms with van der Waals surface area (Å²) in [4.78, 5) is 10.3. The van der Waals surface area contributed by atoms with Gasteiger partial charge in [0.1, 0.15) is 0 Å². The fraction of sp³-hybridized carbons (Fsp3) is 0. The maximum Gasteiger partial charge on any atom is 0.0998 e. The number of rotatable bonds is 1. The molecule has 0 atom stereocenters. The highest BCUT2D eigenvalue weighted by atomic mass is 16.4. The third-order valence-corrected chi connectivity index (χ3v) is 1.27. The van der Waals surface area contributed by atoms with E-state index in [1.165, 1.54) is 12.1 Å². The first-order chi connectivity index (χ1) is 5.25. The van der Waals surface area contributed by atoms with Gasteiger partial charge in [0.15, 0.2) is 0 Å². The molecule has 0 unspecified atom stereocenters. The van der Waals surface area contributed by atoms with Crippen LogP contribution in [0, 0.1) is 11.3 Å². The van der Waals surface area contributed by atoms with Crippen molar-refractivity contribution in [1.82, 2.24) is 0 Å². The van der Waals surface area contributed by atoms with E-state index in [0.717, 1.165) is 0 Å². The van der Waals surface area contributed by atoms with Gasteiger partial charge in [-0.1, -0.05) is 18.2 Å². The minimum Gasteiger partial charge on any atom is -0.545 e. The highest BCUT2D eigenvalue weighted by Crippen LogP contribution is 2.04. The number of hydrogen-bond acceptors (Lipinski definition) is 3. The molecule has 0 saturated carbocycles. The van der Waals surface area contributed by atoms with Crippen LogP contribution in [0.25, 0.3) is 0 Å². The van der Waals surface area contributed by atoms with Gasteiger partial charge in [-0.25, -0.2) is 0 Å². The van der Waals surface area contributed by atoms with Crippen LogP contribution in [0.4, 0.5) is 0 Å². The summed E-state index contributed by atoms with van der Waals surface area (Å²) in [5, 5.41) is 18.7. The van der Waals surface area contributed by atoms with Crippen LogP contribution in [0.5, 0.6) is 0 Å². The van der Waals surface area contributed by atoms with E-state index < -0.39 is 5.97 Å². The maximum absolute atomic E-state index is 10.3. The molecule has 3 heteroatoms. The van der Waals surface area contributed by atoms with Crippen molar-refractivity contribution in [1.29, 1.82) is 5.26 Å². The summed E-state index contributed by atoms with van der Waals surface area (Å²) < 4.78 is 0. The Bertz CT molecular complexity index is 325. The number of carbonyl (C=O) groups is 1. The zero-order chi connectivity index (χ0) is 8.27. The molecule has 0 N–H and O–H groups in total. The number of nitrogens with zero attached hydrogens (tertiary/aromatic N) is 1. The standard InChI is InChI=1S/C8H5NO2/c9-5-6-3-1-2-4-7(6)8(10)11/h1-4H,(H,10,11)/p-1. The lowest BCUT2D eigenvalue weighted by Crippen LogP contribution is -2.23. The summed E-state index contributed by atoms with van der Waals surface area (Å²) in [5.41, 5.74) is 0.0718. The highest BCUT2D eigenvalue weighted by molar-refractivity contribution is 5.88. The lowest BCUT2D eigenvalue weighted by molar-refractivity contribution is -0.255. The van der Waals surface area contributed by atoms with Crippen molar-refractivity contribution in [2.24, 2.45) is 0 Å². The van der Waals surface area contributed by atoms with Crippen molar-refractivity contribution in [2.75, 3.05) is 0 Å². The average Bonchev–Trinajstić information content (AvgIpc) is 2.04. The average molecular weight is 146 g/mol. The van der Waals surface area contributed by atoms with Gasteiger partial charge < -0.3 is 9.90 Å². The molecule has 0 aliphatic heterocycles. The minimum atomic E-state index is -1.32. The second-order valence-corrected chi connectivity index (χ2v) is 1.94. The molecular formula is C8H4NO2-. The van der Waals surface area contributed by atoms with Gasteiger partial charge >= 0.3 is 0 Å². The molecule has 0 aromatic heterocycles. The number of carbonyl (C=O) groups excluding carboxylic acids is 1. The maximum atomic E-state index is 10.3. The molecular weight excluding hydrogens is 142 g/mol. The fourth-order valence-electron chi connectivity index (χ4n) is 0.759. The van der Waals surface area contributed by atoms with Crippen molar-refractivity contribution < 1.29 is 9.90 Å². The third kappa shape index (κ3) is 1.36. The van der Waals surface area contributed by atoms with Crippen LogP contribution >= 0.6 is 0 Å². The van der Waals surface area contributed by atoms with Gasteiger partial charge in [0.2, 0.25) is 0 Å². The van der Waals surface area contributed by atoms with Gasteiger partial charge in [0.05, 0.1) is 17.6 Å². The van der Waals surface area contributed by atoms with Gasteiger partial charge in [0.25, 0.3) is 0 Å².